The first kappa shape index (κ1) is 23.3. The molecule has 0 amide bonds. The molecule has 0 aliphatic carbocycles. The van der Waals surface area contributed by atoms with Crippen LogP contribution in [0.3, 0.4) is 0 Å². The Labute approximate surface area is 212 Å². The second kappa shape index (κ2) is 10.4. The first-order valence-electron chi connectivity index (χ1n) is 11.3. The number of fused-ring (bicyclic) bond motifs is 1. The van der Waals surface area contributed by atoms with Gasteiger partial charge in [-0.25, -0.2) is 4.98 Å². The summed E-state index contributed by atoms with van der Waals surface area (Å²) in [4.78, 5) is 9.10. The topological polar surface area (TPSA) is 92.6 Å². The number of benzene rings is 4. The molecule has 8 heteroatoms. The fraction of sp³-hybridized carbons (Fsp3) is 0.0714. The van der Waals surface area contributed by atoms with E-state index in [1.54, 1.807) is 48.7 Å². The first-order valence-corrected chi connectivity index (χ1v) is 11.6. The third-order valence-electron chi connectivity index (χ3n) is 5.25. The zero-order valence-electron chi connectivity index (χ0n) is 19.3. The Morgan fingerprint density at radius 3 is 2.39 bits per heavy atom. The summed E-state index contributed by atoms with van der Waals surface area (Å²) in [6.45, 7) is 2.56. The van der Waals surface area contributed by atoms with Gasteiger partial charge >= 0.3 is 0 Å². The van der Waals surface area contributed by atoms with Gasteiger partial charge in [-0.2, -0.15) is 10.2 Å². The molecule has 0 saturated heterocycles. The number of oxazole rings is 1. The van der Waals surface area contributed by atoms with Crippen molar-refractivity contribution in [1.29, 1.82) is 0 Å². The van der Waals surface area contributed by atoms with Gasteiger partial charge in [-0.05, 0) is 91.9 Å². The molecule has 0 fully saturated rings. The van der Waals surface area contributed by atoms with Crippen molar-refractivity contribution in [3.05, 3.63) is 95.5 Å². The average Bonchev–Trinajstić information content (AvgIpc) is 3.32. The van der Waals surface area contributed by atoms with E-state index >= 15 is 0 Å². The van der Waals surface area contributed by atoms with Gasteiger partial charge in [-0.3, -0.25) is 4.99 Å². The maximum Gasteiger partial charge on any atom is 0.227 e. The molecule has 0 unspecified atom stereocenters. The van der Waals surface area contributed by atoms with Crippen molar-refractivity contribution in [1.82, 2.24) is 4.98 Å². The van der Waals surface area contributed by atoms with Gasteiger partial charge in [0.15, 0.2) is 5.58 Å². The number of aliphatic imine (C=N–C) groups is 1. The quantitative estimate of drug-likeness (QED) is 0.181. The van der Waals surface area contributed by atoms with Crippen LogP contribution in [0.1, 0.15) is 12.5 Å². The summed E-state index contributed by atoms with van der Waals surface area (Å²) in [6, 6.07) is 25.1. The van der Waals surface area contributed by atoms with Crippen LogP contribution in [0, 0.1) is 0 Å². The number of rotatable bonds is 7. The third kappa shape index (κ3) is 5.42. The number of azo groups is 1. The lowest BCUT2D eigenvalue weighted by Gasteiger charge is -2.02. The number of hydrogen-bond acceptors (Lipinski definition) is 7. The summed E-state index contributed by atoms with van der Waals surface area (Å²) in [6.07, 6.45) is 1.57. The number of hydrogen-bond donors (Lipinski definition) is 1. The molecule has 0 atom stereocenters. The molecule has 1 aromatic heterocycles. The molecule has 7 nitrogen and oxygen atoms in total. The molecule has 1 heterocycles. The van der Waals surface area contributed by atoms with Gasteiger partial charge in [-0.15, -0.1) is 0 Å². The fourth-order valence-corrected chi connectivity index (χ4v) is 3.58. The number of aromatic hydroxyl groups is 1. The van der Waals surface area contributed by atoms with Gasteiger partial charge in [0.25, 0.3) is 0 Å². The van der Waals surface area contributed by atoms with Crippen LogP contribution in [0.2, 0.25) is 5.02 Å². The molecule has 178 valence electrons. The van der Waals surface area contributed by atoms with Gasteiger partial charge in [0.1, 0.15) is 17.0 Å². The van der Waals surface area contributed by atoms with Crippen molar-refractivity contribution >= 4 is 46.0 Å². The Morgan fingerprint density at radius 1 is 0.889 bits per heavy atom. The van der Waals surface area contributed by atoms with Crippen LogP contribution in [0.15, 0.2) is 105 Å². The lowest BCUT2D eigenvalue weighted by atomic mass is 10.2. The van der Waals surface area contributed by atoms with Crippen LogP contribution in [0.25, 0.3) is 22.6 Å². The lowest BCUT2D eigenvalue weighted by Crippen LogP contribution is -1.90. The van der Waals surface area contributed by atoms with Gasteiger partial charge < -0.3 is 14.3 Å². The Kier molecular flexibility index (Phi) is 6.73. The molecule has 36 heavy (non-hydrogen) atoms. The van der Waals surface area contributed by atoms with Crippen LogP contribution >= 0.6 is 11.6 Å². The fourth-order valence-electron chi connectivity index (χ4n) is 3.45. The second-order valence-electron chi connectivity index (χ2n) is 7.81. The second-order valence-corrected chi connectivity index (χ2v) is 8.24. The zero-order chi connectivity index (χ0) is 24.9. The maximum atomic E-state index is 10.3. The van der Waals surface area contributed by atoms with Crippen molar-refractivity contribution in [2.45, 2.75) is 6.92 Å². The van der Waals surface area contributed by atoms with Gasteiger partial charge in [0.2, 0.25) is 5.89 Å². The van der Waals surface area contributed by atoms with Gasteiger partial charge in [0.05, 0.1) is 23.7 Å². The predicted octanol–water partition coefficient (Wildman–Crippen LogP) is 8.42. The highest BCUT2D eigenvalue weighted by Crippen LogP contribution is 2.29. The molecule has 0 saturated carbocycles. The van der Waals surface area contributed by atoms with Crippen LogP contribution < -0.4 is 4.74 Å². The number of halogens is 1. The van der Waals surface area contributed by atoms with E-state index in [1.807, 2.05) is 49.4 Å². The maximum absolute atomic E-state index is 10.3. The molecule has 0 spiro atoms. The third-order valence-corrected chi connectivity index (χ3v) is 5.51. The van der Waals surface area contributed by atoms with Crippen LogP contribution in [-0.2, 0) is 0 Å². The molecule has 0 bridgehead atoms. The summed E-state index contributed by atoms with van der Waals surface area (Å²) < 4.78 is 11.4. The van der Waals surface area contributed by atoms with Crippen molar-refractivity contribution in [2.24, 2.45) is 15.2 Å². The van der Waals surface area contributed by atoms with E-state index in [1.165, 1.54) is 0 Å². The van der Waals surface area contributed by atoms with E-state index in [0.717, 1.165) is 11.3 Å². The molecular weight excluding hydrogens is 476 g/mol. The number of aromatic nitrogens is 1. The molecule has 0 radical (unpaired) electrons. The van der Waals surface area contributed by atoms with Crippen molar-refractivity contribution in [3.63, 3.8) is 0 Å². The van der Waals surface area contributed by atoms with Crippen molar-refractivity contribution in [3.8, 4) is 23.0 Å². The van der Waals surface area contributed by atoms with E-state index in [0.29, 0.717) is 51.2 Å². The minimum atomic E-state index is 0.0875. The van der Waals surface area contributed by atoms with Crippen molar-refractivity contribution in [2.75, 3.05) is 6.61 Å². The summed E-state index contributed by atoms with van der Waals surface area (Å²) >= 11 is 5.90. The van der Waals surface area contributed by atoms with E-state index < -0.39 is 0 Å². The van der Waals surface area contributed by atoms with E-state index in [2.05, 4.69) is 20.2 Å². The average molecular weight is 497 g/mol. The Hall–Kier alpha value is -4.49. The monoisotopic (exact) mass is 496 g/mol. The number of nitrogens with zero attached hydrogens (tertiary/aromatic N) is 4. The highest BCUT2D eigenvalue weighted by Gasteiger charge is 2.09. The summed E-state index contributed by atoms with van der Waals surface area (Å²) in [5.74, 6) is 1.41. The van der Waals surface area contributed by atoms with Crippen LogP contribution in [0.5, 0.6) is 11.5 Å². The number of phenolic OH excluding ortho intramolecular Hbond substituents is 1. The Bertz CT molecular complexity index is 1560. The Balaban J connectivity index is 1.35. The van der Waals surface area contributed by atoms with Gasteiger partial charge in [0, 0.05) is 22.4 Å². The molecular formula is C28H21ClN4O3. The minimum Gasteiger partial charge on any atom is -0.507 e. The van der Waals surface area contributed by atoms with Crippen LogP contribution in [0.4, 0.5) is 17.1 Å². The molecule has 1 N–H and O–H groups in total. The van der Waals surface area contributed by atoms with Crippen LogP contribution in [-0.4, -0.2) is 22.9 Å². The largest absolute Gasteiger partial charge is 0.507 e. The summed E-state index contributed by atoms with van der Waals surface area (Å²) in [7, 11) is 0. The Morgan fingerprint density at radius 2 is 1.61 bits per heavy atom. The first-order chi connectivity index (χ1) is 17.6. The highest BCUT2D eigenvalue weighted by atomic mass is 35.5. The molecule has 0 aliphatic rings. The smallest absolute Gasteiger partial charge is 0.227 e. The van der Waals surface area contributed by atoms with Gasteiger partial charge in [-0.1, -0.05) is 11.6 Å². The zero-order valence-corrected chi connectivity index (χ0v) is 20.1. The predicted molar refractivity (Wildman–Crippen MR) is 142 cm³/mol. The van der Waals surface area contributed by atoms with E-state index in [-0.39, 0.29) is 5.75 Å². The number of ether oxygens (including phenoxy) is 1. The molecule has 5 aromatic rings. The van der Waals surface area contributed by atoms with E-state index in [4.69, 9.17) is 20.8 Å². The van der Waals surface area contributed by atoms with E-state index in [9.17, 15) is 5.11 Å². The normalized spacial score (nSPS) is 11.6. The summed E-state index contributed by atoms with van der Waals surface area (Å²) in [5, 5.41) is 19.3. The minimum absolute atomic E-state index is 0.0875. The van der Waals surface area contributed by atoms with Crippen molar-refractivity contribution < 1.29 is 14.3 Å². The highest BCUT2D eigenvalue weighted by molar-refractivity contribution is 6.30. The lowest BCUT2D eigenvalue weighted by molar-refractivity contribution is 0.340. The summed E-state index contributed by atoms with van der Waals surface area (Å²) in [5.41, 5.74) is 4.63. The molecule has 0 aliphatic heterocycles. The molecule has 5 rings (SSSR count). The standard InChI is InChI=1S/C28H21ClN4O3/c1-2-35-24-11-3-18(4-12-24)28-31-25-16-22(10-14-27(25)36-28)30-17-19-15-23(9-13-26(19)34)33-32-21-7-5-20(29)6-8-21/h3-17,34H,2H2,1H3. The SMILES string of the molecule is CCOc1ccc(-c2nc3cc(N=Cc4cc(N=Nc5ccc(Cl)cc5)ccc4O)ccc3o2)cc1. The number of phenols is 1. The molecule has 4 aromatic carbocycles.